The fourth-order valence-corrected chi connectivity index (χ4v) is 2.82. The zero-order chi connectivity index (χ0) is 19.2. The summed E-state index contributed by atoms with van der Waals surface area (Å²) < 4.78 is 10.4. The molecule has 0 spiro atoms. The molecule has 2 aromatic carbocycles. The minimum atomic E-state index is -0.508. The largest absolute Gasteiger partial charge is 0.455 e. The second-order valence-electron chi connectivity index (χ2n) is 6.56. The van der Waals surface area contributed by atoms with Gasteiger partial charge in [-0.15, -0.1) is 0 Å². The van der Waals surface area contributed by atoms with Crippen LogP contribution in [0, 0.1) is 0 Å². The van der Waals surface area contributed by atoms with Crippen LogP contribution in [0.2, 0.25) is 0 Å². The molecule has 0 aliphatic rings. The SMILES string of the molecule is CC(C)N(Cc1ccccc1)C(=O)COC(=O)Cc1noc2ccccc12. The van der Waals surface area contributed by atoms with Crippen LogP contribution in [0.1, 0.15) is 25.1 Å². The first-order valence-electron chi connectivity index (χ1n) is 8.87. The van der Waals surface area contributed by atoms with Crippen LogP contribution in [0.25, 0.3) is 11.0 Å². The molecule has 0 bridgehead atoms. The van der Waals surface area contributed by atoms with Crippen LogP contribution in [0.5, 0.6) is 0 Å². The van der Waals surface area contributed by atoms with E-state index in [0.29, 0.717) is 17.8 Å². The molecule has 140 valence electrons. The summed E-state index contributed by atoms with van der Waals surface area (Å²) in [5.74, 6) is -0.738. The van der Waals surface area contributed by atoms with Crippen LogP contribution in [0.4, 0.5) is 0 Å². The number of para-hydroxylation sites is 1. The number of hydrogen-bond donors (Lipinski definition) is 0. The molecule has 0 unspecified atom stereocenters. The lowest BCUT2D eigenvalue weighted by atomic mass is 10.2. The number of esters is 1. The summed E-state index contributed by atoms with van der Waals surface area (Å²) >= 11 is 0. The Bertz CT molecular complexity index is 918. The molecule has 1 aromatic heterocycles. The van der Waals surface area contributed by atoms with Gasteiger partial charge in [-0.2, -0.15) is 0 Å². The minimum absolute atomic E-state index is 0.00380. The average molecular weight is 366 g/mol. The summed E-state index contributed by atoms with van der Waals surface area (Å²) in [4.78, 5) is 26.3. The third-order valence-electron chi connectivity index (χ3n) is 4.26. The highest BCUT2D eigenvalue weighted by molar-refractivity contribution is 5.85. The van der Waals surface area contributed by atoms with Crippen LogP contribution < -0.4 is 0 Å². The van der Waals surface area contributed by atoms with E-state index in [9.17, 15) is 9.59 Å². The smallest absolute Gasteiger partial charge is 0.312 e. The van der Waals surface area contributed by atoms with Gasteiger partial charge in [0.05, 0.1) is 6.42 Å². The van der Waals surface area contributed by atoms with Crippen molar-refractivity contribution in [1.82, 2.24) is 10.1 Å². The van der Waals surface area contributed by atoms with Crippen molar-refractivity contribution in [3.63, 3.8) is 0 Å². The van der Waals surface area contributed by atoms with Crippen LogP contribution in [-0.2, 0) is 27.3 Å². The number of aromatic nitrogens is 1. The number of hydrogen-bond acceptors (Lipinski definition) is 5. The van der Waals surface area contributed by atoms with E-state index < -0.39 is 5.97 Å². The highest BCUT2D eigenvalue weighted by Crippen LogP contribution is 2.18. The van der Waals surface area contributed by atoms with E-state index in [-0.39, 0.29) is 25.0 Å². The Morgan fingerprint density at radius 3 is 2.52 bits per heavy atom. The Labute approximate surface area is 157 Å². The molecule has 3 rings (SSSR count). The Morgan fingerprint density at radius 1 is 1.07 bits per heavy atom. The average Bonchev–Trinajstić information content (AvgIpc) is 3.08. The van der Waals surface area contributed by atoms with Gasteiger partial charge in [0.1, 0.15) is 5.69 Å². The topological polar surface area (TPSA) is 72.6 Å². The lowest BCUT2D eigenvalue weighted by Crippen LogP contribution is -2.39. The summed E-state index contributed by atoms with van der Waals surface area (Å²) in [6.07, 6.45) is -0.0370. The summed E-state index contributed by atoms with van der Waals surface area (Å²) in [7, 11) is 0. The Balaban J connectivity index is 1.57. The van der Waals surface area contributed by atoms with Gasteiger partial charge in [0, 0.05) is 18.0 Å². The van der Waals surface area contributed by atoms with Gasteiger partial charge in [0.15, 0.2) is 12.2 Å². The number of amides is 1. The van der Waals surface area contributed by atoms with Crippen LogP contribution >= 0.6 is 0 Å². The van der Waals surface area contributed by atoms with Gasteiger partial charge in [-0.3, -0.25) is 9.59 Å². The molecule has 0 fully saturated rings. The van der Waals surface area contributed by atoms with Crippen LogP contribution in [0.3, 0.4) is 0 Å². The number of ether oxygens (including phenoxy) is 1. The summed E-state index contributed by atoms with van der Waals surface area (Å²) in [6, 6.07) is 17.0. The third kappa shape index (κ3) is 4.73. The zero-order valence-corrected chi connectivity index (χ0v) is 15.4. The van der Waals surface area contributed by atoms with E-state index in [0.717, 1.165) is 10.9 Å². The van der Waals surface area contributed by atoms with Crippen molar-refractivity contribution in [2.24, 2.45) is 0 Å². The molecule has 1 heterocycles. The van der Waals surface area contributed by atoms with Gasteiger partial charge in [-0.25, -0.2) is 0 Å². The fourth-order valence-electron chi connectivity index (χ4n) is 2.82. The second kappa shape index (κ2) is 8.49. The molecule has 6 nitrogen and oxygen atoms in total. The quantitative estimate of drug-likeness (QED) is 0.600. The van der Waals surface area contributed by atoms with E-state index in [4.69, 9.17) is 9.26 Å². The van der Waals surface area contributed by atoms with E-state index >= 15 is 0 Å². The fraction of sp³-hybridized carbons (Fsp3) is 0.286. The molecule has 1 amide bonds. The normalized spacial score (nSPS) is 10.9. The zero-order valence-electron chi connectivity index (χ0n) is 15.4. The van der Waals surface area contributed by atoms with Crippen LogP contribution in [-0.4, -0.2) is 34.6 Å². The number of fused-ring (bicyclic) bond motifs is 1. The number of carbonyl (C=O) groups excluding carboxylic acids is 2. The van der Waals surface area contributed by atoms with Gasteiger partial charge in [0.2, 0.25) is 0 Å². The molecular formula is C21H22N2O4. The van der Waals surface area contributed by atoms with Gasteiger partial charge in [0.25, 0.3) is 5.91 Å². The van der Waals surface area contributed by atoms with Crippen LogP contribution in [0.15, 0.2) is 59.1 Å². The third-order valence-corrected chi connectivity index (χ3v) is 4.26. The molecule has 0 radical (unpaired) electrons. The maximum absolute atomic E-state index is 12.5. The summed E-state index contributed by atoms with van der Waals surface area (Å²) in [6.45, 7) is 4.05. The van der Waals surface area contributed by atoms with E-state index in [1.54, 1.807) is 11.0 Å². The lowest BCUT2D eigenvalue weighted by Gasteiger charge is -2.26. The Kier molecular flexibility index (Phi) is 5.86. The van der Waals surface area contributed by atoms with E-state index in [1.807, 2.05) is 62.4 Å². The van der Waals surface area contributed by atoms with Crippen molar-refractivity contribution in [2.45, 2.75) is 32.9 Å². The standard InChI is InChI=1S/C21H22N2O4/c1-15(2)23(13-16-8-4-3-5-9-16)20(24)14-26-21(25)12-18-17-10-6-7-11-19(17)27-22-18/h3-11,15H,12-14H2,1-2H3. The second-order valence-corrected chi connectivity index (χ2v) is 6.56. The van der Waals surface area contributed by atoms with Crippen molar-refractivity contribution >= 4 is 22.8 Å². The molecule has 0 aliphatic carbocycles. The molecule has 27 heavy (non-hydrogen) atoms. The molecular weight excluding hydrogens is 344 g/mol. The lowest BCUT2D eigenvalue weighted by molar-refractivity contribution is -0.152. The van der Waals surface area contributed by atoms with Crippen molar-refractivity contribution in [2.75, 3.05) is 6.61 Å². The molecule has 6 heteroatoms. The predicted octanol–water partition coefficient (Wildman–Crippen LogP) is 3.35. The molecule has 0 saturated carbocycles. The molecule has 0 saturated heterocycles. The molecule has 3 aromatic rings. The van der Waals surface area contributed by atoms with Crippen molar-refractivity contribution in [3.8, 4) is 0 Å². The number of carbonyl (C=O) groups is 2. The minimum Gasteiger partial charge on any atom is -0.455 e. The Morgan fingerprint density at radius 2 is 1.78 bits per heavy atom. The highest BCUT2D eigenvalue weighted by Gasteiger charge is 2.20. The first-order valence-corrected chi connectivity index (χ1v) is 8.87. The molecule has 0 aliphatic heterocycles. The van der Waals surface area contributed by atoms with Crippen molar-refractivity contribution in [3.05, 3.63) is 65.9 Å². The highest BCUT2D eigenvalue weighted by atomic mass is 16.5. The first-order chi connectivity index (χ1) is 13.0. The monoisotopic (exact) mass is 366 g/mol. The van der Waals surface area contributed by atoms with E-state index in [2.05, 4.69) is 5.16 Å². The van der Waals surface area contributed by atoms with Crippen molar-refractivity contribution in [1.29, 1.82) is 0 Å². The maximum Gasteiger partial charge on any atom is 0.312 e. The maximum atomic E-state index is 12.5. The van der Waals surface area contributed by atoms with Gasteiger partial charge < -0.3 is 14.2 Å². The first kappa shape index (κ1) is 18.6. The molecule has 0 N–H and O–H groups in total. The summed E-state index contributed by atoms with van der Waals surface area (Å²) in [5, 5.41) is 4.68. The van der Waals surface area contributed by atoms with E-state index in [1.165, 1.54) is 0 Å². The van der Waals surface area contributed by atoms with Gasteiger partial charge in [-0.05, 0) is 31.5 Å². The number of rotatable bonds is 7. The number of benzene rings is 2. The van der Waals surface area contributed by atoms with Crippen molar-refractivity contribution < 1.29 is 18.8 Å². The van der Waals surface area contributed by atoms with Gasteiger partial charge >= 0.3 is 5.97 Å². The Hall–Kier alpha value is -3.15. The molecule has 0 atom stereocenters. The number of nitrogens with zero attached hydrogens (tertiary/aromatic N) is 2. The van der Waals surface area contributed by atoms with Gasteiger partial charge in [-0.1, -0.05) is 47.6 Å². The summed E-state index contributed by atoms with van der Waals surface area (Å²) in [5.41, 5.74) is 2.15. The predicted molar refractivity (Wildman–Crippen MR) is 101 cm³/mol.